The number of hydrogen-bond acceptors (Lipinski definition) is 0. The van der Waals surface area contributed by atoms with Crippen molar-refractivity contribution in [3.8, 4) is 11.1 Å². The van der Waals surface area contributed by atoms with Crippen molar-refractivity contribution in [2.45, 2.75) is 52.6 Å². The molecule has 1 aliphatic rings. The van der Waals surface area contributed by atoms with Gasteiger partial charge in [0.15, 0.2) is 0 Å². The number of allylic oxidation sites excluding steroid dienone is 1. The molecule has 2 aromatic rings. The zero-order chi connectivity index (χ0) is 20.4. The Kier molecular flexibility index (Phi) is 8.01. The van der Waals surface area contributed by atoms with E-state index in [1.807, 2.05) is 0 Å². The van der Waals surface area contributed by atoms with Crippen molar-refractivity contribution in [2.75, 3.05) is 0 Å². The molecule has 0 amide bonds. The summed E-state index contributed by atoms with van der Waals surface area (Å²) in [4.78, 5) is 0. The van der Waals surface area contributed by atoms with Crippen LogP contribution in [0.1, 0.15) is 18.1 Å². The van der Waals surface area contributed by atoms with Gasteiger partial charge in [-0.3, -0.25) is 0 Å². The molecule has 144 valence electrons. The van der Waals surface area contributed by atoms with Gasteiger partial charge in [-0.2, -0.15) is 0 Å². The third kappa shape index (κ3) is 6.03. The van der Waals surface area contributed by atoms with Crippen molar-refractivity contribution in [2.24, 2.45) is 0 Å². The minimum absolute atomic E-state index is 0.826. The minimum atomic E-state index is -1.34. The Morgan fingerprint density at radius 1 is 0.852 bits per heavy atom. The Labute approximate surface area is 186 Å². The fraction of sp³-hybridized carbons (Fsp3) is 0.364. The van der Waals surface area contributed by atoms with Crippen LogP contribution >= 0.6 is 17.0 Å². The fourth-order valence-electron chi connectivity index (χ4n) is 3.44. The van der Waals surface area contributed by atoms with Crippen LogP contribution < -0.4 is 10.4 Å². The molecule has 0 aliphatic heterocycles. The van der Waals surface area contributed by atoms with Crippen LogP contribution in [0.3, 0.4) is 0 Å². The summed E-state index contributed by atoms with van der Waals surface area (Å²) in [7, 11) is 7.19. The van der Waals surface area contributed by atoms with E-state index in [1.54, 1.807) is 10.4 Å². The Morgan fingerprint density at radius 2 is 1.37 bits per heavy atom. The summed E-state index contributed by atoms with van der Waals surface area (Å²) in [5, 5.41) is 3.18. The molecular formula is C22H30Cl2Si2Zr. The second-order valence-corrected chi connectivity index (χ2v) is 23.3. The first-order valence-electron chi connectivity index (χ1n) is 9.39. The van der Waals surface area contributed by atoms with Crippen molar-refractivity contribution >= 4 is 49.6 Å². The summed E-state index contributed by atoms with van der Waals surface area (Å²) in [6.45, 7) is 17.0. The molecule has 0 heterocycles. The van der Waals surface area contributed by atoms with Crippen molar-refractivity contribution in [1.29, 1.82) is 0 Å². The Morgan fingerprint density at radius 3 is 1.85 bits per heavy atom. The molecule has 5 heteroatoms. The summed E-state index contributed by atoms with van der Waals surface area (Å²) in [5.41, 5.74) is 7.26. The molecule has 2 aromatic carbocycles. The zero-order valence-corrected chi connectivity index (χ0v) is 23.5. The summed E-state index contributed by atoms with van der Waals surface area (Å²) >= 11 is -0.826. The molecule has 0 fully saturated rings. The molecule has 0 spiro atoms. The molecule has 27 heavy (non-hydrogen) atoms. The zero-order valence-electron chi connectivity index (χ0n) is 17.5. The number of hydrogen-bond donors (Lipinski definition) is 0. The van der Waals surface area contributed by atoms with E-state index in [1.165, 1.54) is 27.8 Å². The Hall–Kier alpha value is 0.0769. The van der Waals surface area contributed by atoms with Crippen LogP contribution in [0.5, 0.6) is 0 Å². The first kappa shape index (κ1) is 23.4. The molecule has 0 N–H and O–H groups in total. The van der Waals surface area contributed by atoms with Gasteiger partial charge in [-0.05, 0) is 35.6 Å². The molecule has 0 aromatic heterocycles. The van der Waals surface area contributed by atoms with E-state index in [-0.39, 0.29) is 0 Å². The monoisotopic (exact) mass is 510 g/mol. The average Bonchev–Trinajstić information content (AvgIpc) is 2.93. The quantitative estimate of drug-likeness (QED) is 0.398. The normalized spacial score (nSPS) is 13.4. The molecular weight excluding hydrogens is 483 g/mol. The maximum atomic E-state index is 4.93. The summed E-state index contributed by atoms with van der Waals surface area (Å²) in [6.07, 6.45) is 3.50. The van der Waals surface area contributed by atoms with E-state index >= 15 is 0 Å². The van der Waals surface area contributed by atoms with E-state index < -0.39 is 37.0 Å². The van der Waals surface area contributed by atoms with Gasteiger partial charge < -0.3 is 0 Å². The van der Waals surface area contributed by atoms with Gasteiger partial charge in [0.2, 0.25) is 0 Å². The predicted octanol–water partition coefficient (Wildman–Crippen LogP) is 6.78. The standard InChI is InChI=1S/C22H30Si2.2ClH.Zr/c1-16-11-17-9-8-10-21(22(17)12-16)18-13-19(23(2,3)4)15-20(14-18)24(5,6)7;;;/h8-10,12-15H,11H2,1-7H3;2*1H;/q;;;+2/p-2. The van der Waals surface area contributed by atoms with Crippen molar-refractivity contribution < 1.29 is 20.8 Å². The Balaban J connectivity index is 0.000000817. The van der Waals surface area contributed by atoms with Gasteiger partial charge >= 0.3 is 37.9 Å². The van der Waals surface area contributed by atoms with E-state index in [2.05, 4.69) is 88.7 Å². The van der Waals surface area contributed by atoms with E-state index in [0.717, 1.165) is 6.42 Å². The van der Waals surface area contributed by atoms with Gasteiger partial charge in [0.05, 0.1) is 16.1 Å². The molecule has 0 saturated heterocycles. The van der Waals surface area contributed by atoms with Crippen molar-refractivity contribution in [3.63, 3.8) is 0 Å². The van der Waals surface area contributed by atoms with Gasteiger partial charge in [0.25, 0.3) is 0 Å². The van der Waals surface area contributed by atoms with Crippen LogP contribution in [0.15, 0.2) is 42.0 Å². The molecule has 0 bridgehead atoms. The van der Waals surface area contributed by atoms with Gasteiger partial charge in [-0.1, -0.05) is 97.7 Å². The second kappa shape index (κ2) is 9.26. The topological polar surface area (TPSA) is 0 Å². The molecule has 0 radical (unpaired) electrons. The number of halogens is 2. The average molecular weight is 513 g/mol. The van der Waals surface area contributed by atoms with Crippen LogP contribution in [-0.2, 0) is 27.3 Å². The molecule has 0 atom stereocenters. The van der Waals surface area contributed by atoms with Gasteiger partial charge in [0, 0.05) is 0 Å². The second-order valence-electron chi connectivity index (χ2n) is 9.42. The molecule has 3 rings (SSSR count). The van der Waals surface area contributed by atoms with E-state index in [4.69, 9.17) is 17.0 Å². The summed E-state index contributed by atoms with van der Waals surface area (Å²) < 4.78 is 0. The first-order chi connectivity index (χ1) is 12.5. The molecule has 0 unspecified atom stereocenters. The van der Waals surface area contributed by atoms with Crippen LogP contribution in [-0.4, -0.2) is 16.1 Å². The third-order valence-electron chi connectivity index (χ3n) is 5.03. The molecule has 0 nitrogen and oxygen atoms in total. The summed E-state index contributed by atoms with van der Waals surface area (Å²) in [6, 6.07) is 14.3. The predicted molar refractivity (Wildman–Crippen MR) is 127 cm³/mol. The van der Waals surface area contributed by atoms with Crippen LogP contribution in [0.2, 0.25) is 39.3 Å². The van der Waals surface area contributed by atoms with Crippen LogP contribution in [0.25, 0.3) is 17.2 Å². The summed E-state index contributed by atoms with van der Waals surface area (Å²) in [5.74, 6) is 0. The number of fused-ring (bicyclic) bond motifs is 1. The van der Waals surface area contributed by atoms with Crippen molar-refractivity contribution in [3.05, 3.63) is 53.1 Å². The van der Waals surface area contributed by atoms with Crippen LogP contribution in [0.4, 0.5) is 0 Å². The van der Waals surface area contributed by atoms with Crippen LogP contribution in [0, 0.1) is 0 Å². The molecule has 0 saturated carbocycles. The van der Waals surface area contributed by atoms with Gasteiger partial charge in [-0.15, -0.1) is 0 Å². The van der Waals surface area contributed by atoms with Gasteiger partial charge in [0.1, 0.15) is 0 Å². The van der Waals surface area contributed by atoms with E-state index in [0.29, 0.717) is 0 Å². The third-order valence-corrected chi connectivity index (χ3v) is 9.07. The molecule has 1 aliphatic carbocycles. The Bertz CT molecular complexity index is 814. The van der Waals surface area contributed by atoms with Gasteiger partial charge in [-0.25, -0.2) is 0 Å². The SMILES string of the molecule is CC1=Cc2c(cccc2-c2cc([Si](C)(C)C)cc([Si](C)(C)C)c2)C1.[Cl][Zr][Cl]. The number of benzene rings is 2. The number of rotatable bonds is 3. The fourth-order valence-corrected chi connectivity index (χ4v) is 5.93. The van der Waals surface area contributed by atoms with Crippen molar-refractivity contribution in [1.82, 2.24) is 0 Å². The first-order valence-corrected chi connectivity index (χ1v) is 22.7. The van der Waals surface area contributed by atoms with E-state index in [9.17, 15) is 0 Å². The maximum absolute atomic E-state index is 4.93.